The van der Waals surface area contributed by atoms with Crippen LogP contribution in [-0.2, 0) is 17.8 Å². The van der Waals surface area contributed by atoms with Crippen molar-refractivity contribution in [2.75, 3.05) is 13.2 Å². The summed E-state index contributed by atoms with van der Waals surface area (Å²) in [7, 11) is 0. The largest absolute Gasteiger partial charge is 0.380 e. The second-order valence-electron chi connectivity index (χ2n) is 5.69. The standard InChI is InChI=1S/C14H27N3O/c1-6-8-18-9-7-17-12(2)13(11-16-17)10-15-14(3,4)5/h11,15H,6-10H2,1-5H3. The summed E-state index contributed by atoms with van der Waals surface area (Å²) in [6.07, 6.45) is 3.02. The second-order valence-corrected chi connectivity index (χ2v) is 5.69. The summed E-state index contributed by atoms with van der Waals surface area (Å²) in [4.78, 5) is 0. The van der Waals surface area contributed by atoms with Crippen molar-refractivity contribution >= 4 is 0 Å². The van der Waals surface area contributed by atoms with Crippen LogP contribution in [0.3, 0.4) is 0 Å². The molecule has 0 bridgehead atoms. The van der Waals surface area contributed by atoms with E-state index in [2.05, 4.69) is 45.0 Å². The van der Waals surface area contributed by atoms with E-state index in [1.165, 1.54) is 11.3 Å². The Balaban J connectivity index is 2.45. The average Bonchev–Trinajstić information content (AvgIpc) is 2.63. The Labute approximate surface area is 111 Å². The van der Waals surface area contributed by atoms with Gasteiger partial charge in [-0.05, 0) is 34.1 Å². The molecule has 0 unspecified atom stereocenters. The van der Waals surface area contributed by atoms with Crippen molar-refractivity contribution in [1.82, 2.24) is 15.1 Å². The lowest BCUT2D eigenvalue weighted by atomic mass is 10.1. The SMILES string of the molecule is CCCOCCn1ncc(CNC(C)(C)C)c1C. The molecule has 18 heavy (non-hydrogen) atoms. The number of rotatable bonds is 7. The molecule has 0 aliphatic heterocycles. The highest BCUT2D eigenvalue weighted by atomic mass is 16.5. The number of ether oxygens (including phenoxy) is 1. The maximum atomic E-state index is 5.49. The number of aromatic nitrogens is 2. The summed E-state index contributed by atoms with van der Waals surface area (Å²) in [5, 5.41) is 7.89. The molecular weight excluding hydrogens is 226 g/mol. The molecule has 1 aromatic heterocycles. The molecule has 0 aliphatic rings. The minimum absolute atomic E-state index is 0.138. The van der Waals surface area contributed by atoms with Gasteiger partial charge < -0.3 is 10.1 Å². The summed E-state index contributed by atoms with van der Waals surface area (Å²) in [5.41, 5.74) is 2.63. The first kappa shape index (κ1) is 15.2. The maximum Gasteiger partial charge on any atom is 0.0662 e. The second kappa shape index (κ2) is 6.90. The smallest absolute Gasteiger partial charge is 0.0662 e. The van der Waals surface area contributed by atoms with Gasteiger partial charge in [0.2, 0.25) is 0 Å². The minimum atomic E-state index is 0.138. The van der Waals surface area contributed by atoms with Crippen LogP contribution in [0.2, 0.25) is 0 Å². The van der Waals surface area contributed by atoms with Crippen molar-refractivity contribution in [3.63, 3.8) is 0 Å². The van der Waals surface area contributed by atoms with Crippen molar-refractivity contribution in [3.05, 3.63) is 17.5 Å². The van der Waals surface area contributed by atoms with Crippen molar-refractivity contribution in [3.8, 4) is 0 Å². The molecule has 0 aromatic carbocycles. The lowest BCUT2D eigenvalue weighted by molar-refractivity contribution is 0.124. The first-order valence-corrected chi connectivity index (χ1v) is 6.78. The van der Waals surface area contributed by atoms with Crippen LogP contribution in [0.25, 0.3) is 0 Å². The molecule has 4 nitrogen and oxygen atoms in total. The van der Waals surface area contributed by atoms with Crippen LogP contribution in [0, 0.1) is 6.92 Å². The van der Waals surface area contributed by atoms with Crippen LogP contribution in [0.15, 0.2) is 6.20 Å². The Morgan fingerprint density at radius 1 is 1.33 bits per heavy atom. The minimum Gasteiger partial charge on any atom is -0.380 e. The first-order chi connectivity index (χ1) is 8.44. The number of hydrogen-bond donors (Lipinski definition) is 1. The molecule has 0 amide bonds. The molecule has 0 saturated carbocycles. The van der Waals surface area contributed by atoms with E-state index in [0.29, 0.717) is 0 Å². The number of hydrogen-bond acceptors (Lipinski definition) is 3. The van der Waals surface area contributed by atoms with Gasteiger partial charge in [-0.15, -0.1) is 0 Å². The van der Waals surface area contributed by atoms with Crippen LogP contribution in [-0.4, -0.2) is 28.5 Å². The molecule has 1 aromatic rings. The van der Waals surface area contributed by atoms with E-state index in [1.54, 1.807) is 0 Å². The van der Waals surface area contributed by atoms with Crippen LogP contribution < -0.4 is 5.32 Å². The van der Waals surface area contributed by atoms with Gasteiger partial charge in [-0.25, -0.2) is 0 Å². The molecule has 1 N–H and O–H groups in total. The van der Waals surface area contributed by atoms with Gasteiger partial charge in [0.25, 0.3) is 0 Å². The van der Waals surface area contributed by atoms with Crippen molar-refractivity contribution in [2.45, 2.75) is 59.7 Å². The van der Waals surface area contributed by atoms with Crippen molar-refractivity contribution in [2.24, 2.45) is 0 Å². The number of nitrogens with zero attached hydrogens (tertiary/aromatic N) is 2. The van der Waals surface area contributed by atoms with Crippen molar-refractivity contribution in [1.29, 1.82) is 0 Å². The van der Waals surface area contributed by atoms with Crippen LogP contribution in [0.4, 0.5) is 0 Å². The zero-order valence-electron chi connectivity index (χ0n) is 12.4. The fourth-order valence-electron chi connectivity index (χ4n) is 1.64. The third-order valence-corrected chi connectivity index (χ3v) is 2.81. The third kappa shape index (κ3) is 5.19. The molecule has 1 heterocycles. The van der Waals surface area contributed by atoms with Gasteiger partial charge in [0.05, 0.1) is 19.3 Å². The van der Waals surface area contributed by atoms with E-state index in [0.717, 1.165) is 32.7 Å². The molecule has 0 spiro atoms. The molecular formula is C14H27N3O. The van der Waals surface area contributed by atoms with E-state index in [-0.39, 0.29) is 5.54 Å². The monoisotopic (exact) mass is 253 g/mol. The maximum absolute atomic E-state index is 5.49. The highest BCUT2D eigenvalue weighted by Gasteiger charge is 2.11. The molecule has 1 rings (SSSR count). The van der Waals surface area contributed by atoms with Gasteiger partial charge >= 0.3 is 0 Å². The summed E-state index contributed by atoms with van der Waals surface area (Å²) < 4.78 is 7.51. The Morgan fingerprint density at radius 2 is 2.06 bits per heavy atom. The van der Waals surface area contributed by atoms with Crippen LogP contribution in [0.5, 0.6) is 0 Å². The predicted octanol–water partition coefficient (Wildman–Crippen LogP) is 2.51. The van der Waals surface area contributed by atoms with Gasteiger partial charge in [-0.1, -0.05) is 6.92 Å². The first-order valence-electron chi connectivity index (χ1n) is 6.78. The predicted molar refractivity (Wildman–Crippen MR) is 74.7 cm³/mol. The molecule has 0 radical (unpaired) electrons. The van der Waals surface area contributed by atoms with Gasteiger partial charge in [-0.2, -0.15) is 5.10 Å². The topological polar surface area (TPSA) is 39.1 Å². The Kier molecular flexibility index (Phi) is 5.82. The van der Waals surface area contributed by atoms with E-state index in [4.69, 9.17) is 4.74 Å². The van der Waals surface area contributed by atoms with E-state index in [1.807, 2.05) is 10.9 Å². The number of nitrogens with one attached hydrogen (secondary N) is 1. The fourth-order valence-corrected chi connectivity index (χ4v) is 1.64. The lowest BCUT2D eigenvalue weighted by Gasteiger charge is -2.20. The van der Waals surface area contributed by atoms with E-state index in [9.17, 15) is 0 Å². The highest BCUT2D eigenvalue weighted by Crippen LogP contribution is 2.09. The van der Waals surface area contributed by atoms with E-state index >= 15 is 0 Å². The van der Waals surface area contributed by atoms with Gasteiger partial charge in [0.1, 0.15) is 0 Å². The normalized spacial score (nSPS) is 12.1. The average molecular weight is 253 g/mol. The fraction of sp³-hybridized carbons (Fsp3) is 0.786. The zero-order chi connectivity index (χ0) is 13.6. The zero-order valence-corrected chi connectivity index (χ0v) is 12.4. The molecule has 0 fully saturated rings. The molecule has 0 aliphatic carbocycles. The van der Waals surface area contributed by atoms with Crippen LogP contribution >= 0.6 is 0 Å². The summed E-state index contributed by atoms with van der Waals surface area (Å²) in [6.45, 7) is 14.0. The third-order valence-electron chi connectivity index (χ3n) is 2.81. The molecule has 4 heteroatoms. The lowest BCUT2D eigenvalue weighted by Crippen LogP contribution is -2.35. The molecule has 104 valence electrons. The summed E-state index contributed by atoms with van der Waals surface area (Å²) >= 11 is 0. The Hall–Kier alpha value is -0.870. The van der Waals surface area contributed by atoms with Gasteiger partial charge in [0, 0.05) is 29.9 Å². The Morgan fingerprint density at radius 3 is 2.67 bits per heavy atom. The van der Waals surface area contributed by atoms with Crippen LogP contribution in [0.1, 0.15) is 45.4 Å². The molecule has 0 atom stereocenters. The summed E-state index contributed by atoms with van der Waals surface area (Å²) in [6, 6.07) is 0. The summed E-state index contributed by atoms with van der Waals surface area (Å²) in [5.74, 6) is 0. The van der Waals surface area contributed by atoms with Gasteiger partial charge in [0.15, 0.2) is 0 Å². The molecule has 0 saturated heterocycles. The van der Waals surface area contributed by atoms with Gasteiger partial charge in [-0.3, -0.25) is 4.68 Å². The van der Waals surface area contributed by atoms with Crippen molar-refractivity contribution < 1.29 is 4.74 Å². The Bertz CT molecular complexity index is 352. The van der Waals surface area contributed by atoms with E-state index < -0.39 is 0 Å². The quantitative estimate of drug-likeness (QED) is 0.759. The highest BCUT2D eigenvalue weighted by molar-refractivity contribution is 5.16.